The number of carboxylic acids is 1. The number of aliphatic carboxylic acids is 1. The largest absolute Gasteiger partial charge is 0.480 e. The molecule has 14 heavy (non-hydrogen) atoms. The molecule has 0 bridgehead atoms. The Balaban J connectivity index is 2.40. The lowest BCUT2D eigenvalue weighted by molar-refractivity contribution is -0.140. The van der Waals surface area contributed by atoms with Crippen molar-refractivity contribution in [1.29, 1.82) is 0 Å². The molecule has 0 fully saturated rings. The van der Waals surface area contributed by atoms with Crippen LogP contribution < -0.4 is 5.32 Å². The summed E-state index contributed by atoms with van der Waals surface area (Å²) in [5, 5.41) is 14.8. The van der Waals surface area contributed by atoms with Crippen LogP contribution in [-0.2, 0) is 16.1 Å². The Labute approximate surface area is 80.5 Å². The number of hydrogen-bond acceptors (Lipinski definition) is 3. The average molecular weight is 197 g/mol. The molecule has 0 aliphatic carbocycles. The van der Waals surface area contributed by atoms with Crippen LogP contribution in [0.4, 0.5) is 0 Å². The highest BCUT2D eigenvalue weighted by Gasteiger charge is 2.15. The third-order valence-electron chi connectivity index (χ3n) is 1.77. The predicted octanol–water partition coefficient (Wildman–Crippen LogP) is -0.528. The molecule has 0 aromatic carbocycles. The van der Waals surface area contributed by atoms with E-state index in [1.165, 1.54) is 0 Å². The summed E-state index contributed by atoms with van der Waals surface area (Å²) < 4.78 is 1.61. The Kier molecular flexibility index (Phi) is 3.66. The Morgan fingerprint density at radius 3 is 3.00 bits per heavy atom. The van der Waals surface area contributed by atoms with Crippen molar-refractivity contribution in [2.45, 2.75) is 19.0 Å². The summed E-state index contributed by atoms with van der Waals surface area (Å²) in [5.74, 6) is -1.04. The van der Waals surface area contributed by atoms with Crippen LogP contribution in [0.15, 0.2) is 18.5 Å². The summed E-state index contributed by atoms with van der Waals surface area (Å²) in [4.78, 5) is 20.7. The lowest BCUT2D eigenvalue weighted by atomic mass is 10.2. The molecule has 0 saturated carbocycles. The van der Waals surface area contributed by atoms with Crippen LogP contribution in [0.2, 0.25) is 0 Å². The van der Waals surface area contributed by atoms with Crippen molar-refractivity contribution in [2.24, 2.45) is 0 Å². The van der Waals surface area contributed by atoms with E-state index in [1.807, 2.05) is 0 Å². The van der Waals surface area contributed by atoms with Gasteiger partial charge in [-0.05, 0) is 12.5 Å². The Bertz CT molecular complexity index is 297. The van der Waals surface area contributed by atoms with E-state index in [2.05, 4.69) is 10.4 Å². The number of nitrogens with zero attached hydrogens (tertiary/aromatic N) is 2. The standard InChI is InChI=1S/C8H11N3O3/c12-6-9-7(8(13)14)2-5-11-4-1-3-10-11/h1,3-4,6-7H,2,5H2,(H,9,12)(H,13,14). The normalized spacial score (nSPS) is 12.0. The van der Waals surface area contributed by atoms with Crippen molar-refractivity contribution < 1.29 is 14.7 Å². The van der Waals surface area contributed by atoms with Gasteiger partial charge in [-0.15, -0.1) is 0 Å². The van der Waals surface area contributed by atoms with Gasteiger partial charge in [0.05, 0.1) is 0 Å². The third-order valence-corrected chi connectivity index (χ3v) is 1.77. The van der Waals surface area contributed by atoms with Crippen LogP contribution in [0.25, 0.3) is 0 Å². The highest BCUT2D eigenvalue weighted by atomic mass is 16.4. The van der Waals surface area contributed by atoms with Gasteiger partial charge >= 0.3 is 5.97 Å². The van der Waals surface area contributed by atoms with E-state index in [1.54, 1.807) is 23.1 Å². The summed E-state index contributed by atoms with van der Waals surface area (Å²) in [6, 6.07) is 0.903. The van der Waals surface area contributed by atoms with E-state index in [-0.39, 0.29) is 0 Å². The van der Waals surface area contributed by atoms with Crippen LogP contribution in [0.3, 0.4) is 0 Å². The molecule has 2 N–H and O–H groups in total. The van der Waals surface area contributed by atoms with E-state index in [9.17, 15) is 9.59 Å². The molecular weight excluding hydrogens is 186 g/mol. The highest BCUT2D eigenvalue weighted by Crippen LogP contribution is 1.95. The predicted molar refractivity (Wildman–Crippen MR) is 47.5 cm³/mol. The second kappa shape index (κ2) is 5.00. The molecule has 0 aliphatic heterocycles. The Morgan fingerprint density at radius 1 is 1.71 bits per heavy atom. The second-order valence-corrected chi connectivity index (χ2v) is 2.73. The van der Waals surface area contributed by atoms with Crippen molar-refractivity contribution in [3.05, 3.63) is 18.5 Å². The minimum Gasteiger partial charge on any atom is -0.480 e. The minimum absolute atomic E-state index is 0.315. The molecule has 0 saturated heterocycles. The third kappa shape index (κ3) is 2.89. The van der Waals surface area contributed by atoms with Gasteiger partial charge in [-0.1, -0.05) is 0 Å². The van der Waals surface area contributed by atoms with Gasteiger partial charge in [0, 0.05) is 18.9 Å². The molecule has 6 heteroatoms. The molecule has 76 valence electrons. The molecular formula is C8H11N3O3. The maximum absolute atomic E-state index is 10.6. The molecule has 1 atom stereocenters. The molecule has 0 aliphatic rings. The van der Waals surface area contributed by atoms with Crippen LogP contribution >= 0.6 is 0 Å². The number of carboxylic acid groups (broad SMARTS) is 1. The van der Waals surface area contributed by atoms with Gasteiger partial charge in [0.1, 0.15) is 6.04 Å². The minimum atomic E-state index is -1.04. The smallest absolute Gasteiger partial charge is 0.326 e. The van der Waals surface area contributed by atoms with Crippen LogP contribution in [0.1, 0.15) is 6.42 Å². The molecule has 6 nitrogen and oxygen atoms in total. The van der Waals surface area contributed by atoms with Crippen molar-refractivity contribution in [2.75, 3.05) is 0 Å². The number of aryl methyl sites for hydroxylation is 1. The molecule has 0 spiro atoms. The number of hydrogen-bond donors (Lipinski definition) is 2. The van der Waals surface area contributed by atoms with Gasteiger partial charge in [-0.25, -0.2) is 4.79 Å². The summed E-state index contributed by atoms with van der Waals surface area (Å²) in [7, 11) is 0. The zero-order chi connectivity index (χ0) is 10.4. The SMILES string of the molecule is O=CNC(CCn1cccn1)C(=O)O. The summed E-state index contributed by atoms with van der Waals surface area (Å²) in [6.45, 7) is 0.463. The molecule has 1 amide bonds. The maximum Gasteiger partial charge on any atom is 0.326 e. The van der Waals surface area contributed by atoms with Gasteiger partial charge in [0.15, 0.2) is 0 Å². The molecule has 1 heterocycles. The molecule has 1 rings (SSSR count). The van der Waals surface area contributed by atoms with Gasteiger partial charge in [-0.3, -0.25) is 9.48 Å². The summed E-state index contributed by atoms with van der Waals surface area (Å²) in [5.41, 5.74) is 0. The average Bonchev–Trinajstić information content (AvgIpc) is 2.64. The van der Waals surface area contributed by atoms with E-state index in [4.69, 9.17) is 5.11 Å². The van der Waals surface area contributed by atoms with Crippen molar-refractivity contribution in [3.8, 4) is 0 Å². The van der Waals surface area contributed by atoms with E-state index >= 15 is 0 Å². The topological polar surface area (TPSA) is 84.2 Å². The molecule has 0 radical (unpaired) electrons. The first-order chi connectivity index (χ1) is 6.74. The van der Waals surface area contributed by atoms with Crippen molar-refractivity contribution in [3.63, 3.8) is 0 Å². The Hall–Kier alpha value is -1.85. The zero-order valence-corrected chi connectivity index (χ0v) is 7.46. The van der Waals surface area contributed by atoms with Gasteiger partial charge in [0.2, 0.25) is 6.41 Å². The van der Waals surface area contributed by atoms with Gasteiger partial charge < -0.3 is 10.4 Å². The molecule has 1 aromatic rings. The van der Waals surface area contributed by atoms with E-state index in [0.717, 1.165) is 0 Å². The monoisotopic (exact) mass is 197 g/mol. The Morgan fingerprint density at radius 2 is 2.50 bits per heavy atom. The maximum atomic E-state index is 10.6. The highest BCUT2D eigenvalue weighted by molar-refractivity contribution is 5.76. The lowest BCUT2D eigenvalue weighted by Gasteiger charge is -2.10. The van der Waals surface area contributed by atoms with Crippen LogP contribution in [0.5, 0.6) is 0 Å². The number of rotatable bonds is 6. The van der Waals surface area contributed by atoms with Crippen LogP contribution in [0, 0.1) is 0 Å². The fourth-order valence-electron chi connectivity index (χ4n) is 1.05. The first-order valence-corrected chi connectivity index (χ1v) is 4.14. The quantitative estimate of drug-likeness (QED) is 0.600. The summed E-state index contributed by atoms with van der Waals surface area (Å²) in [6.07, 6.45) is 4.06. The first-order valence-electron chi connectivity index (χ1n) is 4.14. The number of aromatic nitrogens is 2. The number of carbonyl (C=O) groups excluding carboxylic acids is 1. The lowest BCUT2D eigenvalue weighted by Crippen LogP contribution is -2.36. The second-order valence-electron chi connectivity index (χ2n) is 2.73. The van der Waals surface area contributed by atoms with Crippen molar-refractivity contribution >= 4 is 12.4 Å². The first kappa shape index (κ1) is 10.2. The van der Waals surface area contributed by atoms with Crippen molar-refractivity contribution in [1.82, 2.24) is 15.1 Å². The number of nitrogens with one attached hydrogen (secondary N) is 1. The van der Waals surface area contributed by atoms with Gasteiger partial charge in [0.25, 0.3) is 0 Å². The molecule has 1 unspecified atom stereocenters. The molecule has 1 aromatic heterocycles. The van der Waals surface area contributed by atoms with E-state index in [0.29, 0.717) is 19.4 Å². The number of carbonyl (C=O) groups is 2. The summed E-state index contributed by atoms with van der Waals surface area (Å²) >= 11 is 0. The fraction of sp³-hybridized carbons (Fsp3) is 0.375. The van der Waals surface area contributed by atoms with E-state index < -0.39 is 12.0 Å². The zero-order valence-electron chi connectivity index (χ0n) is 7.46. The fourth-order valence-corrected chi connectivity index (χ4v) is 1.05. The van der Waals surface area contributed by atoms with Crippen LogP contribution in [-0.4, -0.2) is 33.3 Å². The van der Waals surface area contributed by atoms with Gasteiger partial charge in [-0.2, -0.15) is 5.10 Å². The number of amides is 1.